The summed E-state index contributed by atoms with van der Waals surface area (Å²) in [6.07, 6.45) is 1.70. The van der Waals surface area contributed by atoms with Crippen molar-refractivity contribution in [3.63, 3.8) is 0 Å². The lowest BCUT2D eigenvalue weighted by Crippen LogP contribution is -2.42. The molecule has 1 atom stereocenters. The minimum absolute atomic E-state index is 0.192. The van der Waals surface area contributed by atoms with Crippen LogP contribution in [-0.2, 0) is 12.0 Å². The van der Waals surface area contributed by atoms with E-state index in [1.54, 1.807) is 6.20 Å². The summed E-state index contributed by atoms with van der Waals surface area (Å²) in [5.74, 6) is 1.02. The van der Waals surface area contributed by atoms with E-state index in [1.807, 2.05) is 24.3 Å². The van der Waals surface area contributed by atoms with Crippen molar-refractivity contribution in [2.75, 3.05) is 13.6 Å². The lowest BCUT2D eigenvalue weighted by Gasteiger charge is -2.39. The Balaban J connectivity index is 1.65. The molecule has 0 bridgehead atoms. The molecule has 1 unspecified atom stereocenters. The highest BCUT2D eigenvalue weighted by molar-refractivity contribution is 5.78. The maximum Gasteiger partial charge on any atom is 0.134 e. The van der Waals surface area contributed by atoms with Crippen molar-refractivity contribution >= 4 is 11.0 Å². The van der Waals surface area contributed by atoms with Crippen LogP contribution in [0.3, 0.4) is 0 Å². The molecule has 1 aliphatic rings. The molecule has 4 heteroatoms. The van der Waals surface area contributed by atoms with Gasteiger partial charge in [-0.1, -0.05) is 30.3 Å². The summed E-state index contributed by atoms with van der Waals surface area (Å²) in [6.45, 7) is 4.12. The third-order valence-electron chi connectivity index (χ3n) is 5.56. The molecule has 0 amide bonds. The van der Waals surface area contributed by atoms with Gasteiger partial charge in [0.05, 0.1) is 11.1 Å². The third kappa shape index (κ3) is 2.64. The molecule has 0 aliphatic carbocycles. The van der Waals surface area contributed by atoms with Crippen LogP contribution in [-0.4, -0.2) is 28.7 Å². The van der Waals surface area contributed by atoms with E-state index < -0.39 is 0 Å². The van der Waals surface area contributed by atoms with E-state index in [-0.39, 0.29) is 5.41 Å². The van der Waals surface area contributed by atoms with Gasteiger partial charge < -0.3 is 9.32 Å². The Morgan fingerprint density at radius 1 is 1.04 bits per heavy atom. The first kappa shape index (κ1) is 16.2. The zero-order valence-electron chi connectivity index (χ0n) is 15.5. The second-order valence-corrected chi connectivity index (χ2v) is 7.63. The van der Waals surface area contributed by atoms with Crippen LogP contribution in [0.2, 0.25) is 0 Å². The molecule has 4 aromatic rings. The summed E-state index contributed by atoms with van der Waals surface area (Å²) in [5.41, 5.74) is 5.40. The van der Waals surface area contributed by atoms with E-state index in [0.29, 0.717) is 0 Å². The number of aromatic nitrogens is 2. The number of furan rings is 1. The highest BCUT2D eigenvalue weighted by atomic mass is 16.3. The fraction of sp³-hybridized carbons (Fsp3) is 0.217. The molecule has 0 fully saturated rings. The molecule has 2 aromatic heterocycles. The Morgan fingerprint density at radius 3 is 2.74 bits per heavy atom. The van der Waals surface area contributed by atoms with Gasteiger partial charge in [0.15, 0.2) is 0 Å². The quantitative estimate of drug-likeness (QED) is 0.525. The summed E-state index contributed by atoms with van der Waals surface area (Å²) in [6, 6.07) is 21.0. The first-order valence-electron chi connectivity index (χ1n) is 9.22. The lowest BCUT2D eigenvalue weighted by atomic mass is 9.74. The zero-order chi connectivity index (χ0) is 18.4. The van der Waals surface area contributed by atoms with Gasteiger partial charge in [-0.2, -0.15) is 10.2 Å². The number of hydrogen-bond donors (Lipinski definition) is 0. The van der Waals surface area contributed by atoms with Crippen LogP contribution in [0.4, 0.5) is 0 Å². The van der Waals surface area contributed by atoms with Crippen molar-refractivity contribution in [2.24, 2.45) is 0 Å². The smallest absolute Gasteiger partial charge is 0.134 e. The number of nitrogens with zero attached hydrogens (tertiary/aromatic N) is 3. The summed E-state index contributed by atoms with van der Waals surface area (Å²) < 4.78 is 6.28. The first-order valence-corrected chi connectivity index (χ1v) is 9.22. The molecule has 2 aromatic carbocycles. The number of rotatable bonds is 2. The van der Waals surface area contributed by atoms with Gasteiger partial charge in [0.2, 0.25) is 0 Å². The van der Waals surface area contributed by atoms with Crippen LogP contribution in [0, 0.1) is 0 Å². The van der Waals surface area contributed by atoms with Crippen molar-refractivity contribution in [1.29, 1.82) is 0 Å². The SMILES string of the molecule is CN1Cc2cc(-c3cccnn3)ccc2C(C)(c2cc3ccccc3o2)C1. The molecular formula is C23H21N3O. The second-order valence-electron chi connectivity index (χ2n) is 7.63. The number of likely N-dealkylation sites (N-methyl/N-ethyl adjacent to an activating group) is 1. The molecule has 134 valence electrons. The van der Waals surface area contributed by atoms with E-state index in [2.05, 4.69) is 65.5 Å². The van der Waals surface area contributed by atoms with Crippen molar-refractivity contribution in [2.45, 2.75) is 18.9 Å². The summed E-state index contributed by atoms with van der Waals surface area (Å²) >= 11 is 0. The number of benzene rings is 2. The number of para-hydroxylation sites is 1. The lowest BCUT2D eigenvalue weighted by molar-refractivity contribution is 0.229. The molecule has 3 heterocycles. The van der Waals surface area contributed by atoms with Gasteiger partial charge in [0.25, 0.3) is 0 Å². The minimum atomic E-state index is -0.192. The Morgan fingerprint density at radius 2 is 1.93 bits per heavy atom. The van der Waals surface area contributed by atoms with E-state index in [4.69, 9.17) is 4.42 Å². The van der Waals surface area contributed by atoms with Crippen molar-refractivity contribution in [3.8, 4) is 11.3 Å². The summed E-state index contributed by atoms with van der Waals surface area (Å²) in [7, 11) is 2.17. The van der Waals surface area contributed by atoms with Gasteiger partial charge in [-0.25, -0.2) is 0 Å². The van der Waals surface area contributed by atoms with E-state index >= 15 is 0 Å². The Kier molecular flexibility index (Phi) is 3.62. The number of fused-ring (bicyclic) bond motifs is 2. The Bertz CT molecular complexity index is 1090. The predicted octanol–water partition coefficient (Wildman–Crippen LogP) is 4.64. The molecule has 0 saturated carbocycles. The normalized spacial score (nSPS) is 19.9. The summed E-state index contributed by atoms with van der Waals surface area (Å²) in [5, 5.41) is 9.42. The standard InChI is InChI=1S/C23H21N3O/c1-23(22-13-17-6-3-4-8-21(17)27-22)15-26(2)14-18-12-16(9-10-19(18)23)20-7-5-11-24-25-20/h3-13H,14-15H2,1-2H3. The van der Waals surface area contributed by atoms with Crippen molar-refractivity contribution in [3.05, 3.63) is 83.7 Å². The fourth-order valence-electron chi connectivity index (χ4n) is 4.31. The van der Waals surface area contributed by atoms with E-state index in [0.717, 1.165) is 41.1 Å². The molecule has 0 spiro atoms. The molecule has 0 N–H and O–H groups in total. The number of hydrogen-bond acceptors (Lipinski definition) is 4. The average molecular weight is 355 g/mol. The van der Waals surface area contributed by atoms with Crippen molar-refractivity contribution in [1.82, 2.24) is 15.1 Å². The maximum atomic E-state index is 6.28. The van der Waals surface area contributed by atoms with Crippen LogP contribution in [0.15, 0.2) is 71.3 Å². The monoisotopic (exact) mass is 355 g/mol. The highest BCUT2D eigenvalue weighted by Crippen LogP contribution is 2.41. The van der Waals surface area contributed by atoms with Gasteiger partial charge in [0, 0.05) is 30.2 Å². The van der Waals surface area contributed by atoms with Gasteiger partial charge in [-0.15, -0.1) is 0 Å². The summed E-state index contributed by atoms with van der Waals surface area (Å²) in [4.78, 5) is 2.36. The molecule has 1 aliphatic heterocycles. The van der Waals surface area contributed by atoms with Gasteiger partial charge >= 0.3 is 0 Å². The van der Waals surface area contributed by atoms with Gasteiger partial charge in [-0.3, -0.25) is 0 Å². The van der Waals surface area contributed by atoms with Gasteiger partial charge in [-0.05, 0) is 55.4 Å². The largest absolute Gasteiger partial charge is 0.460 e. The van der Waals surface area contributed by atoms with Crippen LogP contribution in [0.1, 0.15) is 23.8 Å². The maximum absolute atomic E-state index is 6.28. The molecule has 0 saturated heterocycles. The first-order chi connectivity index (χ1) is 13.1. The van der Waals surface area contributed by atoms with Crippen molar-refractivity contribution < 1.29 is 4.42 Å². The molecule has 27 heavy (non-hydrogen) atoms. The van der Waals surface area contributed by atoms with Gasteiger partial charge in [0.1, 0.15) is 11.3 Å². The molecule has 5 rings (SSSR count). The van der Waals surface area contributed by atoms with Crippen LogP contribution in [0.25, 0.3) is 22.2 Å². The minimum Gasteiger partial charge on any atom is -0.460 e. The second kappa shape index (κ2) is 6.03. The molecule has 0 radical (unpaired) electrons. The van der Waals surface area contributed by atoms with Crippen LogP contribution < -0.4 is 0 Å². The third-order valence-corrected chi connectivity index (χ3v) is 5.56. The Hall–Kier alpha value is -2.98. The predicted molar refractivity (Wildman–Crippen MR) is 106 cm³/mol. The average Bonchev–Trinajstić information content (AvgIpc) is 3.13. The fourth-order valence-corrected chi connectivity index (χ4v) is 4.31. The zero-order valence-corrected chi connectivity index (χ0v) is 15.5. The molecule has 4 nitrogen and oxygen atoms in total. The highest BCUT2D eigenvalue weighted by Gasteiger charge is 2.39. The van der Waals surface area contributed by atoms with Crippen LogP contribution >= 0.6 is 0 Å². The topological polar surface area (TPSA) is 42.2 Å². The molecular weight excluding hydrogens is 334 g/mol. The van der Waals surface area contributed by atoms with Crippen LogP contribution in [0.5, 0.6) is 0 Å². The van der Waals surface area contributed by atoms with E-state index in [9.17, 15) is 0 Å². The Labute approximate surface area is 158 Å². The van der Waals surface area contributed by atoms with E-state index in [1.165, 1.54) is 11.1 Å².